The molecular weight excluding hydrogens is 266 g/mol. The van der Waals surface area contributed by atoms with Gasteiger partial charge in [0, 0.05) is 5.39 Å². The van der Waals surface area contributed by atoms with E-state index < -0.39 is 0 Å². The fourth-order valence-electron chi connectivity index (χ4n) is 2.27. The third-order valence-corrected chi connectivity index (χ3v) is 3.24. The number of nitrogen functional groups attached to an aromatic ring is 1. The van der Waals surface area contributed by atoms with E-state index in [1.807, 2.05) is 36.4 Å². The van der Waals surface area contributed by atoms with E-state index in [9.17, 15) is 4.79 Å². The number of esters is 1. The number of aromatic nitrogens is 2. The van der Waals surface area contributed by atoms with E-state index in [4.69, 9.17) is 10.5 Å². The first kappa shape index (κ1) is 13.2. The van der Waals surface area contributed by atoms with Crippen molar-refractivity contribution < 1.29 is 9.53 Å². The first-order valence-corrected chi connectivity index (χ1v) is 6.72. The van der Waals surface area contributed by atoms with Crippen LogP contribution in [-0.2, 0) is 4.74 Å². The molecule has 1 aromatic heterocycles. The Morgan fingerprint density at radius 2 is 1.95 bits per heavy atom. The maximum atomic E-state index is 12.0. The number of carbonyl (C=O) groups is 1. The van der Waals surface area contributed by atoms with E-state index in [2.05, 4.69) is 5.10 Å². The van der Waals surface area contributed by atoms with Crippen molar-refractivity contribution in [2.24, 2.45) is 0 Å². The monoisotopic (exact) mass is 281 g/mol. The highest BCUT2D eigenvalue weighted by molar-refractivity contribution is 6.05. The second-order valence-corrected chi connectivity index (χ2v) is 4.55. The van der Waals surface area contributed by atoms with Gasteiger partial charge in [-0.2, -0.15) is 5.10 Å². The molecule has 0 fully saturated rings. The van der Waals surface area contributed by atoms with Gasteiger partial charge < -0.3 is 10.5 Å². The quantitative estimate of drug-likeness (QED) is 0.749. The summed E-state index contributed by atoms with van der Waals surface area (Å²) in [6.45, 7) is 2.10. The van der Waals surface area contributed by atoms with Gasteiger partial charge in [-0.15, -0.1) is 0 Å². The van der Waals surface area contributed by atoms with E-state index in [-0.39, 0.29) is 5.97 Å². The molecule has 3 rings (SSSR count). The molecule has 5 heteroatoms. The van der Waals surface area contributed by atoms with Gasteiger partial charge in [-0.05, 0) is 31.2 Å². The van der Waals surface area contributed by atoms with Crippen molar-refractivity contribution in [3.63, 3.8) is 0 Å². The number of nitrogens with two attached hydrogens (primary N) is 1. The molecule has 0 spiro atoms. The van der Waals surface area contributed by atoms with Gasteiger partial charge in [0.2, 0.25) is 0 Å². The summed E-state index contributed by atoms with van der Waals surface area (Å²) in [5.41, 5.74) is 7.99. The van der Waals surface area contributed by atoms with Crippen molar-refractivity contribution in [1.82, 2.24) is 9.78 Å². The number of benzene rings is 2. The topological polar surface area (TPSA) is 70.1 Å². The average Bonchev–Trinajstić information content (AvgIpc) is 2.86. The lowest BCUT2D eigenvalue weighted by Gasteiger charge is -2.02. The molecule has 0 saturated heterocycles. The van der Waals surface area contributed by atoms with E-state index in [0.717, 1.165) is 11.1 Å². The van der Waals surface area contributed by atoms with Gasteiger partial charge in [-0.3, -0.25) is 0 Å². The van der Waals surface area contributed by atoms with Gasteiger partial charge in [0.1, 0.15) is 11.3 Å². The summed E-state index contributed by atoms with van der Waals surface area (Å²) in [6.07, 6.45) is 0. The number of ether oxygens (including phenoxy) is 1. The maximum absolute atomic E-state index is 12.0. The summed E-state index contributed by atoms with van der Waals surface area (Å²) in [5.74, 6) is 0.114. The molecule has 0 unspecified atom stereocenters. The summed E-state index contributed by atoms with van der Waals surface area (Å²) in [5, 5.41) is 5.22. The van der Waals surface area contributed by atoms with Crippen LogP contribution in [0.1, 0.15) is 17.3 Å². The summed E-state index contributed by atoms with van der Waals surface area (Å²) in [7, 11) is 0. The summed E-state index contributed by atoms with van der Waals surface area (Å²) < 4.78 is 6.69. The van der Waals surface area contributed by atoms with E-state index in [1.54, 1.807) is 23.7 Å². The summed E-state index contributed by atoms with van der Waals surface area (Å²) in [6, 6.07) is 14.9. The van der Waals surface area contributed by atoms with Crippen LogP contribution in [0.3, 0.4) is 0 Å². The maximum Gasteiger partial charge on any atom is 0.340 e. The zero-order chi connectivity index (χ0) is 14.8. The predicted octanol–water partition coefficient (Wildman–Crippen LogP) is 2.78. The molecule has 0 saturated carbocycles. The standard InChI is InChI=1S/C16H15N3O2/c1-2-21-16(20)13-10-6-9-12-14(13)18-19(15(12)17)11-7-4-3-5-8-11/h3-10H,2,17H2,1H3. The second kappa shape index (κ2) is 5.28. The van der Waals surface area contributed by atoms with Crippen LogP contribution in [-0.4, -0.2) is 22.4 Å². The van der Waals surface area contributed by atoms with Crippen LogP contribution in [0, 0.1) is 0 Å². The molecule has 0 atom stereocenters. The van der Waals surface area contributed by atoms with Crippen LogP contribution in [0.15, 0.2) is 48.5 Å². The Hall–Kier alpha value is -2.82. The third-order valence-electron chi connectivity index (χ3n) is 3.24. The smallest absolute Gasteiger partial charge is 0.340 e. The average molecular weight is 281 g/mol. The number of rotatable bonds is 3. The number of fused-ring (bicyclic) bond motifs is 1. The number of anilines is 1. The molecule has 1 heterocycles. The lowest BCUT2D eigenvalue weighted by Crippen LogP contribution is -2.05. The molecular formula is C16H15N3O2. The van der Waals surface area contributed by atoms with Crippen molar-refractivity contribution in [3.05, 3.63) is 54.1 Å². The summed E-state index contributed by atoms with van der Waals surface area (Å²) >= 11 is 0. The predicted molar refractivity (Wildman–Crippen MR) is 81.4 cm³/mol. The molecule has 0 aliphatic heterocycles. The number of carbonyl (C=O) groups excluding carboxylic acids is 1. The fraction of sp³-hybridized carbons (Fsp3) is 0.125. The first-order valence-electron chi connectivity index (χ1n) is 6.72. The summed E-state index contributed by atoms with van der Waals surface area (Å²) in [4.78, 5) is 12.0. The van der Waals surface area contributed by atoms with Crippen molar-refractivity contribution in [2.75, 3.05) is 12.3 Å². The van der Waals surface area contributed by atoms with Crippen molar-refractivity contribution in [2.45, 2.75) is 6.92 Å². The van der Waals surface area contributed by atoms with Crippen LogP contribution < -0.4 is 5.73 Å². The molecule has 0 aliphatic rings. The molecule has 0 aliphatic carbocycles. The normalized spacial score (nSPS) is 10.7. The van der Waals surface area contributed by atoms with Crippen LogP contribution in [0.5, 0.6) is 0 Å². The largest absolute Gasteiger partial charge is 0.462 e. The van der Waals surface area contributed by atoms with Gasteiger partial charge in [0.15, 0.2) is 0 Å². The second-order valence-electron chi connectivity index (χ2n) is 4.55. The van der Waals surface area contributed by atoms with Crippen molar-refractivity contribution >= 4 is 22.7 Å². The number of nitrogens with zero attached hydrogens (tertiary/aromatic N) is 2. The Morgan fingerprint density at radius 3 is 2.67 bits per heavy atom. The molecule has 2 N–H and O–H groups in total. The molecule has 5 nitrogen and oxygen atoms in total. The van der Waals surface area contributed by atoms with E-state index >= 15 is 0 Å². The van der Waals surface area contributed by atoms with Crippen LogP contribution in [0.4, 0.5) is 5.82 Å². The van der Waals surface area contributed by atoms with Crippen LogP contribution in [0.25, 0.3) is 16.6 Å². The molecule has 0 amide bonds. The Balaban J connectivity index is 2.20. The van der Waals surface area contributed by atoms with E-state index in [1.165, 1.54) is 0 Å². The minimum atomic E-state index is -0.388. The minimum absolute atomic E-state index is 0.324. The number of hydrogen-bond acceptors (Lipinski definition) is 4. The van der Waals surface area contributed by atoms with Crippen molar-refractivity contribution in [3.8, 4) is 5.69 Å². The zero-order valence-electron chi connectivity index (χ0n) is 11.6. The highest BCUT2D eigenvalue weighted by atomic mass is 16.5. The highest BCUT2D eigenvalue weighted by Crippen LogP contribution is 2.26. The number of hydrogen-bond donors (Lipinski definition) is 1. The highest BCUT2D eigenvalue weighted by Gasteiger charge is 2.17. The zero-order valence-corrected chi connectivity index (χ0v) is 11.6. The minimum Gasteiger partial charge on any atom is -0.462 e. The fourth-order valence-corrected chi connectivity index (χ4v) is 2.27. The molecule has 21 heavy (non-hydrogen) atoms. The molecule has 0 bridgehead atoms. The van der Waals surface area contributed by atoms with Crippen LogP contribution >= 0.6 is 0 Å². The third kappa shape index (κ3) is 2.23. The molecule has 3 aromatic rings. The van der Waals surface area contributed by atoms with Gasteiger partial charge in [-0.1, -0.05) is 24.3 Å². The van der Waals surface area contributed by atoms with Crippen LogP contribution in [0.2, 0.25) is 0 Å². The van der Waals surface area contributed by atoms with Crippen molar-refractivity contribution in [1.29, 1.82) is 0 Å². The Bertz CT molecular complexity index is 794. The molecule has 0 radical (unpaired) electrons. The Labute approximate surface area is 121 Å². The Kier molecular flexibility index (Phi) is 3.31. The van der Waals surface area contributed by atoms with Gasteiger partial charge in [0.05, 0.1) is 17.9 Å². The SMILES string of the molecule is CCOC(=O)c1cccc2c(N)n(-c3ccccc3)nc12. The lowest BCUT2D eigenvalue weighted by molar-refractivity contribution is 0.0528. The molecule has 2 aromatic carbocycles. The van der Waals surface area contributed by atoms with E-state index in [0.29, 0.717) is 23.5 Å². The first-order chi connectivity index (χ1) is 10.2. The van der Waals surface area contributed by atoms with Gasteiger partial charge in [0.25, 0.3) is 0 Å². The number of para-hydroxylation sites is 1. The lowest BCUT2D eigenvalue weighted by atomic mass is 10.1. The Morgan fingerprint density at radius 1 is 1.19 bits per heavy atom. The van der Waals surface area contributed by atoms with Gasteiger partial charge >= 0.3 is 5.97 Å². The molecule has 106 valence electrons. The van der Waals surface area contributed by atoms with Gasteiger partial charge in [-0.25, -0.2) is 9.48 Å².